The lowest BCUT2D eigenvalue weighted by Gasteiger charge is -2.01. The molecule has 1 aromatic heterocycles. The minimum absolute atomic E-state index is 0.136. The molecule has 0 fully saturated rings. The number of nitrogens with zero attached hydrogens (tertiary/aromatic N) is 1. The maximum Gasteiger partial charge on any atom is 0.282 e. The molecule has 1 N–H and O–H groups in total. The Hall–Kier alpha value is -1.79. The Morgan fingerprint density at radius 3 is 2.75 bits per heavy atom. The summed E-state index contributed by atoms with van der Waals surface area (Å²) in [6.07, 6.45) is 0. The number of rotatable bonds is 7. The van der Waals surface area contributed by atoms with Gasteiger partial charge < -0.3 is 9.73 Å². The van der Waals surface area contributed by atoms with E-state index in [-0.39, 0.29) is 10.6 Å². The molecule has 2 rings (SSSR count). The second kappa shape index (κ2) is 7.12. The third kappa shape index (κ3) is 3.85. The zero-order valence-electron chi connectivity index (χ0n) is 11.2. The van der Waals surface area contributed by atoms with Gasteiger partial charge in [0.2, 0.25) is 0 Å². The van der Waals surface area contributed by atoms with Crippen molar-refractivity contribution in [3.05, 3.63) is 58.0 Å². The van der Waals surface area contributed by atoms with Crippen molar-refractivity contribution in [2.45, 2.75) is 24.1 Å². The first-order valence-corrected chi connectivity index (χ1v) is 7.33. The Morgan fingerprint density at radius 1 is 1.25 bits per heavy atom. The number of furan rings is 1. The Balaban J connectivity index is 1.98. The summed E-state index contributed by atoms with van der Waals surface area (Å²) in [5.74, 6) is 2.28. The van der Waals surface area contributed by atoms with Crippen LogP contribution in [0.15, 0.2) is 45.7 Å². The van der Waals surface area contributed by atoms with Crippen LogP contribution >= 0.6 is 11.8 Å². The molecule has 0 saturated carbocycles. The predicted molar refractivity (Wildman–Crippen MR) is 78.7 cm³/mol. The van der Waals surface area contributed by atoms with Crippen LogP contribution in [-0.4, -0.2) is 11.5 Å². The van der Waals surface area contributed by atoms with E-state index in [2.05, 4.69) is 5.32 Å². The molecule has 0 radical (unpaired) electrons. The lowest BCUT2D eigenvalue weighted by Crippen LogP contribution is -2.10. The Morgan fingerprint density at radius 2 is 2.00 bits per heavy atom. The average Bonchev–Trinajstić information content (AvgIpc) is 2.91. The van der Waals surface area contributed by atoms with Crippen molar-refractivity contribution in [2.24, 2.45) is 0 Å². The minimum atomic E-state index is -0.360. The van der Waals surface area contributed by atoms with Crippen LogP contribution in [0.1, 0.15) is 18.4 Å². The lowest BCUT2D eigenvalue weighted by atomic mass is 10.3. The first kappa shape index (κ1) is 14.6. The summed E-state index contributed by atoms with van der Waals surface area (Å²) < 4.78 is 5.65. The molecule has 0 spiro atoms. The highest BCUT2D eigenvalue weighted by atomic mass is 32.2. The summed E-state index contributed by atoms with van der Waals surface area (Å²) in [6.45, 7) is 3.63. The molecule has 0 aliphatic rings. The number of benzene rings is 1. The van der Waals surface area contributed by atoms with Gasteiger partial charge in [-0.3, -0.25) is 10.1 Å². The standard InChI is InChI=1S/C14H16N2O3S/c1-2-15-9-11-7-8-12(19-11)10-20-14-6-4-3-5-13(14)16(17)18/h3-8,15H,2,9-10H2,1H3. The van der Waals surface area contributed by atoms with E-state index in [9.17, 15) is 10.1 Å². The molecule has 0 amide bonds. The van der Waals surface area contributed by atoms with E-state index in [0.29, 0.717) is 17.2 Å². The second-order valence-corrected chi connectivity index (χ2v) is 5.18. The molecule has 1 aromatic carbocycles. The van der Waals surface area contributed by atoms with Crippen molar-refractivity contribution in [3.8, 4) is 0 Å². The first-order valence-electron chi connectivity index (χ1n) is 6.35. The normalized spacial score (nSPS) is 10.7. The molecule has 106 valence electrons. The van der Waals surface area contributed by atoms with Crippen molar-refractivity contribution >= 4 is 17.4 Å². The van der Waals surface area contributed by atoms with Crippen molar-refractivity contribution in [3.63, 3.8) is 0 Å². The van der Waals surface area contributed by atoms with Crippen molar-refractivity contribution in [2.75, 3.05) is 6.54 Å². The van der Waals surface area contributed by atoms with Crippen LogP contribution in [0, 0.1) is 10.1 Å². The molecule has 2 aromatic rings. The zero-order valence-corrected chi connectivity index (χ0v) is 12.0. The highest BCUT2D eigenvalue weighted by molar-refractivity contribution is 7.98. The van der Waals surface area contributed by atoms with E-state index >= 15 is 0 Å². The largest absolute Gasteiger partial charge is 0.464 e. The van der Waals surface area contributed by atoms with E-state index in [4.69, 9.17) is 4.42 Å². The zero-order chi connectivity index (χ0) is 14.4. The highest BCUT2D eigenvalue weighted by Crippen LogP contribution is 2.31. The van der Waals surface area contributed by atoms with Gasteiger partial charge in [-0.05, 0) is 24.7 Å². The molecule has 20 heavy (non-hydrogen) atoms. The number of hydrogen-bond acceptors (Lipinski definition) is 5. The molecule has 0 aliphatic carbocycles. The maximum atomic E-state index is 10.9. The summed E-state index contributed by atoms with van der Waals surface area (Å²) in [5.41, 5.74) is 0.136. The van der Waals surface area contributed by atoms with Crippen LogP contribution in [0.4, 0.5) is 5.69 Å². The van der Waals surface area contributed by atoms with E-state index in [0.717, 1.165) is 18.1 Å². The average molecular weight is 292 g/mol. The van der Waals surface area contributed by atoms with Crippen molar-refractivity contribution in [1.82, 2.24) is 5.32 Å². The van der Waals surface area contributed by atoms with Crippen LogP contribution in [0.25, 0.3) is 0 Å². The van der Waals surface area contributed by atoms with Crippen LogP contribution in [0.5, 0.6) is 0 Å². The number of hydrogen-bond donors (Lipinski definition) is 1. The van der Waals surface area contributed by atoms with Gasteiger partial charge in [-0.1, -0.05) is 19.1 Å². The van der Waals surface area contributed by atoms with Gasteiger partial charge in [0.25, 0.3) is 5.69 Å². The fraction of sp³-hybridized carbons (Fsp3) is 0.286. The molecule has 0 aliphatic heterocycles. The van der Waals surface area contributed by atoms with E-state index in [1.165, 1.54) is 17.8 Å². The van der Waals surface area contributed by atoms with E-state index in [1.807, 2.05) is 19.1 Å². The van der Waals surface area contributed by atoms with Gasteiger partial charge in [0.05, 0.1) is 22.1 Å². The van der Waals surface area contributed by atoms with Gasteiger partial charge in [-0.2, -0.15) is 0 Å². The second-order valence-electron chi connectivity index (χ2n) is 4.16. The summed E-state index contributed by atoms with van der Waals surface area (Å²) in [7, 11) is 0. The van der Waals surface area contributed by atoms with Crippen LogP contribution in [0.2, 0.25) is 0 Å². The van der Waals surface area contributed by atoms with Gasteiger partial charge >= 0.3 is 0 Å². The molecule has 0 unspecified atom stereocenters. The number of nitro groups is 1. The molecule has 5 nitrogen and oxygen atoms in total. The van der Waals surface area contributed by atoms with Crippen molar-refractivity contribution < 1.29 is 9.34 Å². The third-order valence-electron chi connectivity index (χ3n) is 2.70. The molecule has 1 heterocycles. The quantitative estimate of drug-likeness (QED) is 0.480. The smallest absolute Gasteiger partial charge is 0.282 e. The van der Waals surface area contributed by atoms with Gasteiger partial charge in [0, 0.05) is 6.07 Å². The molecular formula is C14H16N2O3S. The third-order valence-corrected chi connectivity index (χ3v) is 3.78. The van der Waals surface area contributed by atoms with Crippen LogP contribution in [0.3, 0.4) is 0 Å². The van der Waals surface area contributed by atoms with Crippen molar-refractivity contribution in [1.29, 1.82) is 0 Å². The van der Waals surface area contributed by atoms with E-state index < -0.39 is 0 Å². The molecule has 0 bridgehead atoms. The summed E-state index contributed by atoms with van der Waals surface area (Å²) in [6, 6.07) is 10.6. The summed E-state index contributed by atoms with van der Waals surface area (Å²) in [4.78, 5) is 11.2. The Bertz CT molecular complexity index is 583. The summed E-state index contributed by atoms with van der Waals surface area (Å²) in [5, 5.41) is 14.1. The Kier molecular flexibility index (Phi) is 5.20. The van der Waals surface area contributed by atoms with Gasteiger partial charge in [0.1, 0.15) is 11.5 Å². The van der Waals surface area contributed by atoms with Gasteiger partial charge in [-0.25, -0.2) is 0 Å². The number of nitro benzene ring substituents is 1. The Labute approximate surface area is 121 Å². The predicted octanol–water partition coefficient (Wildman–Crippen LogP) is 3.59. The lowest BCUT2D eigenvalue weighted by molar-refractivity contribution is -0.387. The fourth-order valence-corrected chi connectivity index (χ4v) is 2.64. The highest BCUT2D eigenvalue weighted by Gasteiger charge is 2.13. The molecule has 6 heteroatoms. The van der Waals surface area contributed by atoms with E-state index in [1.54, 1.807) is 18.2 Å². The van der Waals surface area contributed by atoms with Gasteiger partial charge in [-0.15, -0.1) is 11.8 Å². The number of nitrogens with one attached hydrogen (secondary N) is 1. The molecular weight excluding hydrogens is 276 g/mol. The number of para-hydroxylation sites is 1. The SMILES string of the molecule is CCNCc1ccc(CSc2ccccc2[N+](=O)[O-])o1. The number of thioether (sulfide) groups is 1. The van der Waals surface area contributed by atoms with Crippen LogP contribution < -0.4 is 5.32 Å². The minimum Gasteiger partial charge on any atom is -0.464 e. The maximum absolute atomic E-state index is 10.9. The fourth-order valence-electron chi connectivity index (χ4n) is 1.72. The molecule has 0 saturated heterocycles. The van der Waals surface area contributed by atoms with Gasteiger partial charge in [0.15, 0.2) is 0 Å². The van der Waals surface area contributed by atoms with Crippen LogP contribution in [-0.2, 0) is 12.3 Å². The topological polar surface area (TPSA) is 68.3 Å². The monoisotopic (exact) mass is 292 g/mol. The molecule has 0 atom stereocenters. The summed E-state index contributed by atoms with van der Waals surface area (Å²) >= 11 is 1.41. The first-order chi connectivity index (χ1) is 9.70.